The zero-order valence-corrected chi connectivity index (χ0v) is 20.6. The van der Waals surface area contributed by atoms with Gasteiger partial charge in [-0.3, -0.25) is 9.29 Å². The first-order valence-electron chi connectivity index (χ1n) is 11.9. The van der Waals surface area contributed by atoms with Crippen LogP contribution in [0, 0.1) is 17.2 Å². The summed E-state index contributed by atoms with van der Waals surface area (Å²) in [6.07, 6.45) is -0.418. The van der Waals surface area contributed by atoms with Crippen LogP contribution in [0.3, 0.4) is 0 Å². The monoisotopic (exact) mass is 504 g/mol. The normalized spacial score (nSPS) is 17.7. The number of aromatic hydroxyl groups is 1. The van der Waals surface area contributed by atoms with E-state index in [9.17, 15) is 14.8 Å². The van der Waals surface area contributed by atoms with Gasteiger partial charge in [0.25, 0.3) is 0 Å². The topological polar surface area (TPSA) is 65.7 Å². The molecule has 0 aliphatic carbocycles. The zero-order chi connectivity index (χ0) is 25.2. The van der Waals surface area contributed by atoms with Crippen LogP contribution in [0.5, 0.6) is 17.2 Å². The van der Waals surface area contributed by atoms with E-state index in [-0.39, 0.29) is 18.3 Å². The van der Waals surface area contributed by atoms with Crippen LogP contribution in [0.15, 0.2) is 60.7 Å². The average Bonchev–Trinajstić information content (AvgIpc) is 2.86. The molecule has 1 atom stereocenters. The molecule has 0 spiro atoms. The summed E-state index contributed by atoms with van der Waals surface area (Å²) in [4.78, 5) is 2.19. The van der Waals surface area contributed by atoms with Crippen molar-refractivity contribution in [1.82, 2.24) is 4.90 Å². The minimum absolute atomic E-state index is 0.160. The third kappa shape index (κ3) is 4.77. The summed E-state index contributed by atoms with van der Waals surface area (Å²) >= 11 is 6.37. The molecule has 3 aromatic carbocycles. The van der Waals surface area contributed by atoms with Gasteiger partial charge in [0.05, 0.1) is 17.3 Å². The van der Waals surface area contributed by atoms with Crippen molar-refractivity contribution in [2.45, 2.75) is 13.0 Å². The van der Waals surface area contributed by atoms with Crippen LogP contribution in [0.1, 0.15) is 35.3 Å². The van der Waals surface area contributed by atoms with E-state index in [1.165, 1.54) is 0 Å². The maximum atomic E-state index is 12.6. The summed E-state index contributed by atoms with van der Waals surface area (Å²) < 4.78 is 25.0. The molecule has 2 aliphatic rings. The molecule has 36 heavy (non-hydrogen) atoms. The van der Waals surface area contributed by atoms with Crippen LogP contribution < -0.4 is 9.47 Å². The second-order valence-electron chi connectivity index (χ2n) is 9.22. The number of alkyl halides is 1. The van der Waals surface area contributed by atoms with Crippen LogP contribution in [0.2, 0.25) is 5.02 Å². The van der Waals surface area contributed by atoms with Gasteiger partial charge in [-0.25, -0.2) is 0 Å². The molecule has 7 heteroatoms. The van der Waals surface area contributed by atoms with Crippen molar-refractivity contribution in [2.24, 2.45) is 5.92 Å². The van der Waals surface area contributed by atoms with Gasteiger partial charge in [0.15, 0.2) is 0 Å². The third-order valence-corrected chi connectivity index (χ3v) is 7.10. The van der Waals surface area contributed by atoms with Crippen molar-refractivity contribution >= 4 is 22.7 Å². The molecule has 184 valence electrons. The third-order valence-electron chi connectivity index (χ3n) is 6.79. The van der Waals surface area contributed by atoms with Crippen LogP contribution in [-0.2, 0) is 0 Å². The van der Waals surface area contributed by atoms with Crippen molar-refractivity contribution in [3.05, 3.63) is 87.9 Å². The molecule has 2 heterocycles. The van der Waals surface area contributed by atoms with Crippen LogP contribution in [0.4, 0.5) is 4.39 Å². The van der Waals surface area contributed by atoms with Crippen molar-refractivity contribution < 1.29 is 19.0 Å². The van der Waals surface area contributed by atoms with Gasteiger partial charge < -0.3 is 14.6 Å². The molecule has 3 aromatic rings. The first kappa shape index (κ1) is 24.2. The number of rotatable bonds is 7. The Kier molecular flexibility index (Phi) is 6.86. The second-order valence-corrected chi connectivity index (χ2v) is 9.63. The number of benzene rings is 3. The van der Waals surface area contributed by atoms with E-state index in [1.54, 1.807) is 30.3 Å². The zero-order valence-electron chi connectivity index (χ0n) is 19.9. The fourth-order valence-corrected chi connectivity index (χ4v) is 5.03. The van der Waals surface area contributed by atoms with Crippen molar-refractivity contribution in [1.29, 1.82) is 5.26 Å². The van der Waals surface area contributed by atoms with Gasteiger partial charge in [0.1, 0.15) is 36.0 Å². The fraction of sp³-hybridized carbons (Fsp3) is 0.276. The van der Waals surface area contributed by atoms with Crippen molar-refractivity contribution in [3.63, 3.8) is 0 Å². The molecule has 0 saturated carbocycles. The highest BCUT2D eigenvalue weighted by Crippen LogP contribution is 2.47. The van der Waals surface area contributed by atoms with Gasteiger partial charge in [-0.1, -0.05) is 29.8 Å². The smallest absolute Gasteiger partial charge is 0.150 e. The summed E-state index contributed by atoms with van der Waals surface area (Å²) in [5.74, 6) is 1.77. The minimum atomic E-state index is -0.418. The molecule has 5 rings (SSSR count). The molecule has 0 bridgehead atoms. The minimum Gasteiger partial charge on any atom is -0.508 e. The second kappa shape index (κ2) is 10.2. The average molecular weight is 505 g/mol. The first-order chi connectivity index (χ1) is 17.5. The number of halogens is 2. The van der Waals surface area contributed by atoms with Crippen LogP contribution >= 0.6 is 11.6 Å². The summed E-state index contributed by atoms with van der Waals surface area (Å²) in [6.45, 7) is 4.66. The number of ether oxygens (including phenoxy) is 2. The largest absolute Gasteiger partial charge is 0.508 e. The highest BCUT2D eigenvalue weighted by Gasteiger charge is 2.30. The van der Waals surface area contributed by atoms with E-state index in [0.29, 0.717) is 22.9 Å². The molecule has 1 saturated heterocycles. The Bertz CT molecular complexity index is 1340. The number of fused-ring (bicyclic) bond motifs is 1. The lowest BCUT2D eigenvalue weighted by molar-refractivity contribution is 0.0668. The van der Waals surface area contributed by atoms with Gasteiger partial charge in [-0.15, -0.1) is 0 Å². The Morgan fingerprint density at radius 1 is 1.14 bits per heavy atom. The van der Waals surface area contributed by atoms with Crippen molar-refractivity contribution in [2.75, 3.05) is 32.9 Å². The number of hydrogen-bond donors (Lipinski definition) is 1. The predicted octanol–water partition coefficient (Wildman–Crippen LogP) is 6.26. The van der Waals surface area contributed by atoms with E-state index < -0.39 is 6.10 Å². The molecule has 1 fully saturated rings. The number of nitrogens with zero attached hydrogens (tertiary/aromatic N) is 2. The Morgan fingerprint density at radius 2 is 1.92 bits per heavy atom. The van der Waals surface area contributed by atoms with Gasteiger partial charge in [-0.2, -0.15) is 5.26 Å². The summed E-state index contributed by atoms with van der Waals surface area (Å²) in [6, 6.07) is 20.3. The van der Waals surface area contributed by atoms with E-state index >= 15 is 0 Å². The van der Waals surface area contributed by atoms with E-state index in [1.807, 2.05) is 37.3 Å². The fourth-order valence-electron chi connectivity index (χ4n) is 4.81. The van der Waals surface area contributed by atoms with Gasteiger partial charge >= 0.3 is 0 Å². The molecule has 2 aliphatic heterocycles. The van der Waals surface area contributed by atoms with E-state index in [2.05, 4.69) is 11.0 Å². The summed E-state index contributed by atoms with van der Waals surface area (Å²) in [5, 5.41) is 19.7. The summed E-state index contributed by atoms with van der Waals surface area (Å²) in [5.41, 5.74) is 4.86. The maximum absolute atomic E-state index is 12.6. The first-order valence-corrected chi connectivity index (χ1v) is 12.3. The molecular weight excluding hydrogens is 479 g/mol. The molecule has 0 radical (unpaired) electrons. The molecule has 0 amide bonds. The number of nitriles is 1. The molecular formula is C29H26ClFN2O3. The van der Waals surface area contributed by atoms with Gasteiger partial charge in [0, 0.05) is 36.7 Å². The van der Waals surface area contributed by atoms with Gasteiger partial charge in [-0.05, 0) is 66.1 Å². The predicted molar refractivity (Wildman–Crippen MR) is 138 cm³/mol. The van der Waals surface area contributed by atoms with Crippen LogP contribution in [0.25, 0.3) is 11.1 Å². The lowest BCUT2D eigenvalue weighted by Crippen LogP contribution is -2.49. The maximum Gasteiger partial charge on any atom is 0.150 e. The summed E-state index contributed by atoms with van der Waals surface area (Å²) in [7, 11) is 0. The van der Waals surface area contributed by atoms with Crippen LogP contribution in [-0.4, -0.2) is 42.9 Å². The highest BCUT2D eigenvalue weighted by molar-refractivity contribution is 6.32. The quantitative estimate of drug-likeness (QED) is 0.411. The van der Waals surface area contributed by atoms with Crippen molar-refractivity contribution in [3.8, 4) is 23.3 Å². The Balaban J connectivity index is 1.41. The molecule has 5 nitrogen and oxygen atoms in total. The standard InChI is InChI=1S/C29H26ClFN2O3/c1-18-25-13-23(34)6-9-27(25)36-29(28(18)21-2-3-22(15-32)26(30)12-21)20-4-7-24(8-5-20)35-11-10-33-16-19(14-31)17-33/h2-9,12-13,19,29,34H,10-11,14,16-17H2,1H3/t29-/m0/s1. The molecule has 0 aromatic heterocycles. The lowest BCUT2D eigenvalue weighted by atomic mass is 9.86. The van der Waals surface area contributed by atoms with E-state index in [4.69, 9.17) is 21.1 Å². The molecule has 1 N–H and O–H groups in total. The van der Waals surface area contributed by atoms with Gasteiger partial charge in [0.2, 0.25) is 0 Å². The Hall–Kier alpha value is -3.53. The lowest BCUT2D eigenvalue weighted by Gasteiger charge is -2.37. The number of phenolic OH excluding ortho intramolecular Hbond substituents is 1. The Labute approximate surface area is 215 Å². The number of phenols is 1. The highest BCUT2D eigenvalue weighted by atomic mass is 35.5. The number of hydrogen-bond acceptors (Lipinski definition) is 5. The van der Waals surface area contributed by atoms with E-state index in [0.717, 1.165) is 53.2 Å². The Morgan fingerprint density at radius 3 is 2.61 bits per heavy atom. The number of likely N-dealkylation sites (tertiary alicyclic amines) is 1. The SMILES string of the molecule is CC1=C(c2ccc(C#N)c(Cl)c2)[C@H](c2ccc(OCCN3CC(CF)C3)cc2)Oc2ccc(O)cc21. The molecule has 0 unspecified atom stereocenters. The number of allylic oxidation sites excluding steroid dienone is 1.